The summed E-state index contributed by atoms with van der Waals surface area (Å²) in [4.78, 5) is 22.8. The third kappa shape index (κ3) is 2.61. The molecule has 0 saturated heterocycles. The number of hydrogen-bond acceptors (Lipinski definition) is 5. The van der Waals surface area contributed by atoms with Crippen molar-refractivity contribution in [3.8, 4) is 11.5 Å². The van der Waals surface area contributed by atoms with E-state index >= 15 is 0 Å². The first-order chi connectivity index (χ1) is 8.72. The Morgan fingerprint density at radius 1 is 1.44 bits per heavy atom. The van der Waals surface area contributed by atoms with Crippen molar-refractivity contribution in [1.82, 2.24) is 0 Å². The van der Waals surface area contributed by atoms with Gasteiger partial charge in [-0.25, -0.2) is 4.79 Å². The molecule has 0 spiro atoms. The van der Waals surface area contributed by atoms with Gasteiger partial charge in [0, 0.05) is 6.42 Å². The first-order valence-corrected chi connectivity index (χ1v) is 5.79. The fraction of sp³-hybridized carbons (Fsp3) is 0.385. The van der Waals surface area contributed by atoms with Crippen LogP contribution >= 0.6 is 0 Å². The third-order valence-corrected chi connectivity index (χ3v) is 2.51. The van der Waals surface area contributed by atoms with E-state index in [0.29, 0.717) is 36.7 Å². The van der Waals surface area contributed by atoms with Crippen LogP contribution in [-0.4, -0.2) is 31.6 Å². The summed E-state index contributed by atoms with van der Waals surface area (Å²) in [7, 11) is 0. The van der Waals surface area contributed by atoms with Crippen molar-refractivity contribution in [2.24, 2.45) is 0 Å². The van der Waals surface area contributed by atoms with Gasteiger partial charge in [-0.2, -0.15) is 0 Å². The maximum atomic E-state index is 11.7. The lowest BCUT2D eigenvalue weighted by Gasteiger charge is -2.19. The molecule has 5 nitrogen and oxygen atoms in total. The van der Waals surface area contributed by atoms with Crippen LogP contribution in [0.25, 0.3) is 0 Å². The van der Waals surface area contributed by atoms with E-state index in [2.05, 4.69) is 0 Å². The molecule has 0 saturated carbocycles. The summed E-state index contributed by atoms with van der Waals surface area (Å²) in [6.07, 6.45) is 0.369. The lowest BCUT2D eigenvalue weighted by Crippen LogP contribution is -2.18. The van der Waals surface area contributed by atoms with Gasteiger partial charge in [-0.3, -0.25) is 4.79 Å². The Hall–Kier alpha value is -2.04. The summed E-state index contributed by atoms with van der Waals surface area (Å²) in [6.45, 7) is 2.18. The van der Waals surface area contributed by atoms with Gasteiger partial charge < -0.3 is 14.2 Å². The number of esters is 1. The van der Waals surface area contributed by atoms with Gasteiger partial charge in [0.25, 0.3) is 0 Å². The van der Waals surface area contributed by atoms with E-state index in [1.54, 1.807) is 25.1 Å². The highest BCUT2D eigenvalue weighted by molar-refractivity contribution is 6.00. The van der Waals surface area contributed by atoms with Crippen molar-refractivity contribution in [3.05, 3.63) is 23.8 Å². The van der Waals surface area contributed by atoms with E-state index in [1.807, 2.05) is 0 Å². The number of ether oxygens (including phenoxy) is 3. The number of para-hydroxylation sites is 1. The van der Waals surface area contributed by atoms with E-state index < -0.39 is 5.97 Å². The molecule has 0 unspecified atom stereocenters. The average molecular weight is 250 g/mol. The van der Waals surface area contributed by atoms with Crippen LogP contribution in [0.5, 0.6) is 11.5 Å². The normalized spacial score (nSPS) is 13.5. The number of fused-ring (bicyclic) bond motifs is 1. The van der Waals surface area contributed by atoms with Crippen LogP contribution in [0.15, 0.2) is 18.2 Å². The quantitative estimate of drug-likeness (QED) is 0.759. The standard InChI is InChI=1S/C13H14O5/c1-2-16-12(15)8-18-11-5-3-4-9-10(14)6-7-17-13(9)11/h3-5H,2,6-8H2,1H3. The summed E-state index contributed by atoms with van der Waals surface area (Å²) in [5.41, 5.74) is 0.502. The summed E-state index contributed by atoms with van der Waals surface area (Å²) in [6, 6.07) is 5.05. The lowest BCUT2D eigenvalue weighted by atomic mass is 10.0. The summed E-state index contributed by atoms with van der Waals surface area (Å²) in [5.74, 6) is 0.390. The Bertz CT molecular complexity index is 466. The van der Waals surface area contributed by atoms with Crippen molar-refractivity contribution >= 4 is 11.8 Å². The number of benzene rings is 1. The van der Waals surface area contributed by atoms with E-state index in [-0.39, 0.29) is 12.4 Å². The smallest absolute Gasteiger partial charge is 0.344 e. The third-order valence-electron chi connectivity index (χ3n) is 2.51. The predicted molar refractivity (Wildman–Crippen MR) is 63.0 cm³/mol. The molecule has 18 heavy (non-hydrogen) atoms. The number of hydrogen-bond donors (Lipinski definition) is 0. The Labute approximate surface area is 105 Å². The predicted octanol–water partition coefficient (Wildman–Crippen LogP) is 1.59. The number of Topliss-reactive ketones (excluding diaryl/α,β-unsaturated/α-hetero) is 1. The largest absolute Gasteiger partial charge is 0.488 e. The molecule has 5 heteroatoms. The van der Waals surface area contributed by atoms with E-state index in [9.17, 15) is 9.59 Å². The maximum Gasteiger partial charge on any atom is 0.344 e. The Morgan fingerprint density at radius 2 is 2.28 bits per heavy atom. The van der Waals surface area contributed by atoms with Gasteiger partial charge in [-0.15, -0.1) is 0 Å². The monoisotopic (exact) mass is 250 g/mol. The van der Waals surface area contributed by atoms with Crippen LogP contribution in [-0.2, 0) is 9.53 Å². The van der Waals surface area contributed by atoms with Gasteiger partial charge in [0.1, 0.15) is 0 Å². The van der Waals surface area contributed by atoms with Gasteiger partial charge in [0.2, 0.25) is 0 Å². The minimum atomic E-state index is -0.447. The van der Waals surface area contributed by atoms with E-state index in [4.69, 9.17) is 14.2 Å². The van der Waals surface area contributed by atoms with Gasteiger partial charge in [0.05, 0.1) is 18.8 Å². The lowest BCUT2D eigenvalue weighted by molar-refractivity contribution is -0.145. The molecule has 0 atom stereocenters. The number of ketones is 1. The second-order valence-corrected chi connectivity index (χ2v) is 3.75. The average Bonchev–Trinajstić information content (AvgIpc) is 2.37. The van der Waals surface area contributed by atoms with Crippen molar-refractivity contribution in [2.45, 2.75) is 13.3 Å². The fourth-order valence-corrected chi connectivity index (χ4v) is 1.72. The van der Waals surface area contributed by atoms with E-state index in [1.165, 1.54) is 0 Å². The summed E-state index contributed by atoms with van der Waals surface area (Å²) < 4.78 is 15.5. The maximum absolute atomic E-state index is 11.7. The van der Waals surface area contributed by atoms with Crippen LogP contribution in [0.4, 0.5) is 0 Å². The zero-order valence-electron chi connectivity index (χ0n) is 10.1. The Morgan fingerprint density at radius 3 is 3.06 bits per heavy atom. The molecular formula is C13H14O5. The topological polar surface area (TPSA) is 61.8 Å². The van der Waals surface area contributed by atoms with Gasteiger partial charge in [0.15, 0.2) is 23.9 Å². The molecule has 0 aromatic heterocycles. The molecule has 1 aliphatic rings. The molecule has 0 amide bonds. The molecular weight excluding hydrogens is 236 g/mol. The number of carbonyl (C=O) groups is 2. The second kappa shape index (κ2) is 5.53. The van der Waals surface area contributed by atoms with Crippen molar-refractivity contribution in [2.75, 3.05) is 19.8 Å². The second-order valence-electron chi connectivity index (χ2n) is 3.75. The molecule has 96 valence electrons. The molecule has 1 aliphatic heterocycles. The van der Waals surface area contributed by atoms with Crippen LogP contribution in [0.3, 0.4) is 0 Å². The first-order valence-electron chi connectivity index (χ1n) is 5.79. The number of rotatable bonds is 4. The van der Waals surface area contributed by atoms with Gasteiger partial charge in [-0.1, -0.05) is 6.07 Å². The molecule has 0 fully saturated rings. The highest BCUT2D eigenvalue weighted by Gasteiger charge is 2.22. The minimum Gasteiger partial charge on any atom is -0.488 e. The zero-order valence-corrected chi connectivity index (χ0v) is 10.1. The van der Waals surface area contributed by atoms with Crippen molar-refractivity contribution in [1.29, 1.82) is 0 Å². The van der Waals surface area contributed by atoms with Crippen molar-refractivity contribution < 1.29 is 23.8 Å². The highest BCUT2D eigenvalue weighted by atomic mass is 16.6. The van der Waals surface area contributed by atoms with Gasteiger partial charge in [-0.05, 0) is 19.1 Å². The Balaban J connectivity index is 2.12. The molecule has 1 aromatic carbocycles. The fourth-order valence-electron chi connectivity index (χ4n) is 1.72. The molecule has 2 rings (SSSR count). The van der Waals surface area contributed by atoms with Crippen LogP contribution in [0.2, 0.25) is 0 Å². The summed E-state index contributed by atoms with van der Waals surface area (Å²) >= 11 is 0. The molecule has 1 heterocycles. The van der Waals surface area contributed by atoms with Gasteiger partial charge >= 0.3 is 5.97 Å². The van der Waals surface area contributed by atoms with Crippen molar-refractivity contribution in [3.63, 3.8) is 0 Å². The van der Waals surface area contributed by atoms with Crippen LogP contribution < -0.4 is 9.47 Å². The summed E-state index contributed by atoms with van der Waals surface area (Å²) in [5, 5.41) is 0. The molecule has 0 radical (unpaired) electrons. The highest BCUT2D eigenvalue weighted by Crippen LogP contribution is 2.34. The molecule has 0 N–H and O–H groups in total. The Kier molecular flexibility index (Phi) is 3.82. The van der Waals surface area contributed by atoms with E-state index in [0.717, 1.165) is 0 Å². The minimum absolute atomic E-state index is 0.0258. The molecule has 1 aromatic rings. The molecule has 0 bridgehead atoms. The number of carbonyl (C=O) groups excluding carboxylic acids is 2. The zero-order chi connectivity index (χ0) is 13.0. The van der Waals surface area contributed by atoms with Crippen LogP contribution in [0.1, 0.15) is 23.7 Å². The van der Waals surface area contributed by atoms with Crippen LogP contribution in [0, 0.1) is 0 Å². The SMILES string of the molecule is CCOC(=O)COc1cccc2c1OCCC2=O. The molecule has 0 aliphatic carbocycles. The first kappa shape index (κ1) is 12.4.